The number of hydrogen-bond acceptors (Lipinski definition) is 4. The zero-order chi connectivity index (χ0) is 15.6. The largest absolute Gasteiger partial charge is 0.379 e. The van der Waals surface area contributed by atoms with Crippen LogP contribution in [0.15, 0.2) is 18.3 Å². The van der Waals surface area contributed by atoms with Crippen LogP contribution < -0.4 is 0 Å². The van der Waals surface area contributed by atoms with E-state index in [-0.39, 0.29) is 5.91 Å². The molecule has 0 spiro atoms. The van der Waals surface area contributed by atoms with E-state index < -0.39 is 0 Å². The normalized spacial score (nSPS) is 32.0. The molecule has 0 aliphatic carbocycles. The molecule has 1 aromatic heterocycles. The zero-order valence-corrected chi connectivity index (χ0v) is 13.4. The minimum absolute atomic E-state index is 0.116. The van der Waals surface area contributed by atoms with E-state index in [4.69, 9.17) is 9.47 Å². The van der Waals surface area contributed by atoms with Gasteiger partial charge in [0.05, 0.1) is 25.9 Å². The topological polar surface area (TPSA) is 57.8 Å². The Morgan fingerprint density at radius 3 is 2.96 bits per heavy atom. The minimum atomic E-state index is 0.116. The summed E-state index contributed by atoms with van der Waals surface area (Å²) in [5.74, 6) is 1.18. The molecular formula is C17H25N3O3. The quantitative estimate of drug-likeness (QED) is 0.896. The van der Waals surface area contributed by atoms with Gasteiger partial charge in [-0.2, -0.15) is 0 Å². The van der Waals surface area contributed by atoms with Crippen molar-refractivity contribution in [3.05, 3.63) is 24.0 Å². The lowest BCUT2D eigenvalue weighted by Gasteiger charge is -2.37. The van der Waals surface area contributed by atoms with E-state index in [2.05, 4.69) is 9.88 Å². The number of aromatic nitrogens is 1. The van der Waals surface area contributed by atoms with Crippen LogP contribution in [0.4, 0.5) is 0 Å². The van der Waals surface area contributed by atoms with Crippen LogP contribution in [0, 0.1) is 11.8 Å². The molecule has 0 radical (unpaired) electrons. The van der Waals surface area contributed by atoms with Crippen molar-refractivity contribution in [1.29, 1.82) is 0 Å². The van der Waals surface area contributed by atoms with Gasteiger partial charge in [0.1, 0.15) is 5.69 Å². The second-order valence-corrected chi connectivity index (χ2v) is 6.83. The maximum Gasteiger partial charge on any atom is 0.270 e. The summed E-state index contributed by atoms with van der Waals surface area (Å²) in [6.07, 6.45) is 3.17. The Bertz CT molecular complexity index is 527. The molecule has 3 saturated heterocycles. The van der Waals surface area contributed by atoms with Crippen molar-refractivity contribution in [2.45, 2.75) is 12.5 Å². The Labute approximate surface area is 136 Å². The Balaban J connectivity index is 1.34. The van der Waals surface area contributed by atoms with Crippen molar-refractivity contribution in [3.63, 3.8) is 0 Å². The number of piperidine rings is 1. The third-order valence-corrected chi connectivity index (χ3v) is 5.45. The van der Waals surface area contributed by atoms with Gasteiger partial charge < -0.3 is 19.4 Å². The fourth-order valence-corrected chi connectivity index (χ4v) is 4.13. The third-order valence-electron chi connectivity index (χ3n) is 5.45. The molecule has 1 aromatic rings. The molecule has 0 bridgehead atoms. The van der Waals surface area contributed by atoms with Gasteiger partial charge in [0.15, 0.2) is 0 Å². The lowest BCUT2D eigenvalue weighted by Crippen LogP contribution is -2.47. The van der Waals surface area contributed by atoms with E-state index in [1.54, 1.807) is 6.20 Å². The molecule has 6 heteroatoms. The summed E-state index contributed by atoms with van der Waals surface area (Å²) in [7, 11) is 0. The summed E-state index contributed by atoms with van der Waals surface area (Å²) in [4.78, 5) is 19.9. The number of fused-ring (bicyclic) bond motifs is 1. The summed E-state index contributed by atoms with van der Waals surface area (Å²) in [5, 5.41) is 0. The number of nitrogens with one attached hydrogen (secondary N) is 1. The molecule has 0 saturated carbocycles. The highest BCUT2D eigenvalue weighted by atomic mass is 16.5. The van der Waals surface area contributed by atoms with E-state index >= 15 is 0 Å². The number of nitrogens with zero attached hydrogens (tertiary/aromatic N) is 2. The van der Waals surface area contributed by atoms with Gasteiger partial charge in [-0.1, -0.05) is 0 Å². The summed E-state index contributed by atoms with van der Waals surface area (Å²) in [6, 6.07) is 3.72. The summed E-state index contributed by atoms with van der Waals surface area (Å²) >= 11 is 0. The second-order valence-electron chi connectivity index (χ2n) is 6.83. The van der Waals surface area contributed by atoms with Crippen molar-refractivity contribution >= 4 is 5.91 Å². The molecule has 0 aromatic carbocycles. The smallest absolute Gasteiger partial charge is 0.270 e. The van der Waals surface area contributed by atoms with E-state index in [1.807, 2.05) is 17.0 Å². The predicted octanol–water partition coefficient (Wildman–Crippen LogP) is 0.824. The number of carbonyl (C=O) groups is 1. The number of likely N-dealkylation sites (tertiary alicyclic amines) is 1. The van der Waals surface area contributed by atoms with E-state index in [9.17, 15) is 4.79 Å². The number of aromatic amines is 1. The van der Waals surface area contributed by atoms with Crippen molar-refractivity contribution in [3.8, 4) is 0 Å². The van der Waals surface area contributed by atoms with Gasteiger partial charge >= 0.3 is 0 Å². The number of H-pyrrole nitrogens is 1. The molecular weight excluding hydrogens is 294 g/mol. The van der Waals surface area contributed by atoms with E-state index in [0.717, 1.165) is 59.0 Å². The first kappa shape index (κ1) is 15.2. The SMILES string of the molecule is O=C(c1ccc[nH]1)N1CC[C@@H]2[C@@H](CO[C@H]2CN2CCOCC2)C1. The maximum absolute atomic E-state index is 12.5. The highest BCUT2D eigenvalue weighted by molar-refractivity contribution is 5.92. The lowest BCUT2D eigenvalue weighted by molar-refractivity contribution is -0.00252. The van der Waals surface area contributed by atoms with Gasteiger partial charge in [-0.15, -0.1) is 0 Å². The molecule has 126 valence electrons. The molecule has 4 heterocycles. The Morgan fingerprint density at radius 1 is 1.30 bits per heavy atom. The van der Waals surface area contributed by atoms with E-state index in [1.165, 1.54) is 0 Å². The van der Waals surface area contributed by atoms with Crippen LogP contribution in [0.2, 0.25) is 0 Å². The van der Waals surface area contributed by atoms with Gasteiger partial charge in [-0.3, -0.25) is 9.69 Å². The van der Waals surface area contributed by atoms with Crippen LogP contribution >= 0.6 is 0 Å². The third kappa shape index (κ3) is 3.16. The molecule has 3 aliphatic rings. The Morgan fingerprint density at radius 2 is 2.17 bits per heavy atom. The molecule has 1 N–H and O–H groups in total. The van der Waals surface area contributed by atoms with Crippen LogP contribution in [-0.4, -0.2) is 79.3 Å². The standard InChI is InChI=1S/C17H25N3O3/c21-17(15-2-1-4-18-15)20-5-3-14-13(10-20)12-23-16(14)11-19-6-8-22-9-7-19/h1-2,4,13-14,16,18H,3,5-12H2/t13-,14-,16+/m1/s1. The number of ether oxygens (including phenoxy) is 2. The maximum atomic E-state index is 12.5. The molecule has 3 fully saturated rings. The monoisotopic (exact) mass is 319 g/mol. The molecule has 0 unspecified atom stereocenters. The van der Waals surface area contributed by atoms with Crippen molar-refractivity contribution in [1.82, 2.24) is 14.8 Å². The molecule has 4 rings (SSSR count). The summed E-state index contributed by atoms with van der Waals surface area (Å²) in [5.41, 5.74) is 0.687. The molecule has 3 atom stereocenters. The van der Waals surface area contributed by atoms with Gasteiger partial charge in [-0.05, 0) is 24.5 Å². The molecule has 23 heavy (non-hydrogen) atoms. The van der Waals surface area contributed by atoms with Gasteiger partial charge in [0.2, 0.25) is 0 Å². The first-order valence-electron chi connectivity index (χ1n) is 8.65. The van der Waals surface area contributed by atoms with Crippen LogP contribution in [0.25, 0.3) is 0 Å². The van der Waals surface area contributed by atoms with Gasteiger partial charge in [0, 0.05) is 44.8 Å². The number of rotatable bonds is 3. The number of morpholine rings is 1. The van der Waals surface area contributed by atoms with Gasteiger partial charge in [0.25, 0.3) is 5.91 Å². The highest BCUT2D eigenvalue weighted by Gasteiger charge is 2.42. The zero-order valence-electron chi connectivity index (χ0n) is 13.4. The Hall–Kier alpha value is -1.37. The fraction of sp³-hybridized carbons (Fsp3) is 0.706. The molecule has 3 aliphatic heterocycles. The minimum Gasteiger partial charge on any atom is -0.379 e. The first-order chi connectivity index (χ1) is 11.3. The number of amides is 1. The van der Waals surface area contributed by atoms with Crippen molar-refractivity contribution in [2.24, 2.45) is 11.8 Å². The average molecular weight is 319 g/mol. The first-order valence-corrected chi connectivity index (χ1v) is 8.65. The highest BCUT2D eigenvalue weighted by Crippen LogP contribution is 2.35. The van der Waals surface area contributed by atoms with Crippen LogP contribution in [0.5, 0.6) is 0 Å². The number of carbonyl (C=O) groups excluding carboxylic acids is 1. The number of hydrogen-bond donors (Lipinski definition) is 1. The fourth-order valence-electron chi connectivity index (χ4n) is 4.13. The molecule has 6 nitrogen and oxygen atoms in total. The summed E-state index contributed by atoms with van der Waals surface area (Å²) in [6.45, 7) is 7.13. The Kier molecular flexibility index (Phi) is 4.37. The van der Waals surface area contributed by atoms with Crippen LogP contribution in [0.1, 0.15) is 16.9 Å². The summed E-state index contributed by atoms with van der Waals surface area (Å²) < 4.78 is 11.5. The van der Waals surface area contributed by atoms with Crippen molar-refractivity contribution < 1.29 is 14.3 Å². The predicted molar refractivity (Wildman–Crippen MR) is 85.3 cm³/mol. The lowest BCUT2D eigenvalue weighted by atomic mass is 9.84. The molecule has 1 amide bonds. The van der Waals surface area contributed by atoms with Crippen molar-refractivity contribution in [2.75, 3.05) is 52.5 Å². The van der Waals surface area contributed by atoms with Crippen LogP contribution in [0.3, 0.4) is 0 Å². The van der Waals surface area contributed by atoms with E-state index in [0.29, 0.717) is 23.6 Å². The average Bonchev–Trinajstić information content (AvgIpc) is 3.25. The van der Waals surface area contributed by atoms with Crippen LogP contribution in [-0.2, 0) is 9.47 Å². The van der Waals surface area contributed by atoms with Gasteiger partial charge in [-0.25, -0.2) is 0 Å². The second kappa shape index (κ2) is 6.63.